The minimum absolute atomic E-state index is 0.00689. The van der Waals surface area contributed by atoms with Gasteiger partial charge in [0, 0.05) is 57.9 Å². The first kappa shape index (κ1) is 19.1. The van der Waals surface area contributed by atoms with Gasteiger partial charge in [-0.15, -0.1) is 0 Å². The molecule has 7 nitrogen and oxygen atoms in total. The summed E-state index contributed by atoms with van der Waals surface area (Å²) in [7, 11) is 0. The molecule has 2 aromatic heterocycles. The Balaban J connectivity index is 1.28. The van der Waals surface area contributed by atoms with E-state index in [2.05, 4.69) is 44.5 Å². The maximum atomic E-state index is 12.7. The second kappa shape index (κ2) is 9.34. The van der Waals surface area contributed by atoms with Crippen molar-refractivity contribution in [3.8, 4) is 5.82 Å². The van der Waals surface area contributed by atoms with E-state index in [0.29, 0.717) is 6.54 Å². The van der Waals surface area contributed by atoms with Gasteiger partial charge in [-0.3, -0.25) is 9.47 Å². The number of nitrogens with zero attached hydrogens (tertiary/aromatic N) is 5. The number of carbonyl (C=O) groups excluding carboxylic acids is 1. The van der Waals surface area contributed by atoms with Crippen molar-refractivity contribution in [2.75, 3.05) is 26.2 Å². The molecule has 1 N–H and O–H groups in total. The summed E-state index contributed by atoms with van der Waals surface area (Å²) in [6.45, 7) is 4.85. The summed E-state index contributed by atoms with van der Waals surface area (Å²) in [6.07, 6.45) is 8.02. The van der Waals surface area contributed by atoms with Crippen LogP contribution in [0.15, 0.2) is 67.4 Å². The fraction of sp³-hybridized carbons (Fsp3) is 0.318. The molecule has 150 valence electrons. The standard InChI is InChI=1S/C22H26N6O/c29-22(25-16-20-7-8-24-21(15-20)28-12-9-23-18-28)27-11-4-10-26(13-14-27)17-19-5-2-1-3-6-19/h1-3,5-9,12,15,18H,4,10-11,13-14,16-17H2,(H,25,29). The third kappa shape index (κ3) is 5.20. The molecule has 0 bridgehead atoms. The number of rotatable bonds is 5. The molecule has 1 aliphatic rings. The fourth-order valence-corrected chi connectivity index (χ4v) is 3.57. The predicted molar refractivity (Wildman–Crippen MR) is 112 cm³/mol. The quantitative estimate of drug-likeness (QED) is 0.727. The zero-order valence-electron chi connectivity index (χ0n) is 16.4. The lowest BCUT2D eigenvalue weighted by Gasteiger charge is -2.22. The van der Waals surface area contributed by atoms with Gasteiger partial charge in [-0.1, -0.05) is 30.3 Å². The molecule has 3 heterocycles. The molecule has 1 aromatic carbocycles. The van der Waals surface area contributed by atoms with Crippen LogP contribution in [0.1, 0.15) is 17.5 Å². The maximum absolute atomic E-state index is 12.7. The van der Waals surface area contributed by atoms with Crippen molar-refractivity contribution in [1.82, 2.24) is 29.7 Å². The van der Waals surface area contributed by atoms with E-state index in [0.717, 1.165) is 50.5 Å². The fourth-order valence-electron chi connectivity index (χ4n) is 3.57. The van der Waals surface area contributed by atoms with E-state index >= 15 is 0 Å². The molecule has 3 aromatic rings. The number of imidazole rings is 1. The molecule has 0 aliphatic carbocycles. The van der Waals surface area contributed by atoms with Crippen LogP contribution < -0.4 is 5.32 Å². The van der Waals surface area contributed by atoms with E-state index in [9.17, 15) is 4.79 Å². The predicted octanol–water partition coefficient (Wildman–Crippen LogP) is 2.68. The summed E-state index contributed by atoms with van der Waals surface area (Å²) in [5.74, 6) is 0.792. The molecule has 0 spiro atoms. The van der Waals surface area contributed by atoms with E-state index in [-0.39, 0.29) is 6.03 Å². The number of aromatic nitrogens is 3. The second-order valence-electron chi connectivity index (χ2n) is 7.25. The lowest BCUT2D eigenvalue weighted by molar-refractivity contribution is 0.197. The number of pyridine rings is 1. The van der Waals surface area contributed by atoms with Crippen LogP contribution in [0.2, 0.25) is 0 Å². The molecule has 0 atom stereocenters. The normalized spacial score (nSPS) is 15.1. The average Bonchev–Trinajstić information content (AvgIpc) is 3.20. The van der Waals surface area contributed by atoms with Gasteiger partial charge in [0.15, 0.2) is 0 Å². The Labute approximate surface area is 171 Å². The van der Waals surface area contributed by atoms with Gasteiger partial charge < -0.3 is 10.2 Å². The largest absolute Gasteiger partial charge is 0.334 e. The zero-order chi connectivity index (χ0) is 19.9. The SMILES string of the molecule is O=C(NCc1ccnc(-n2ccnc2)c1)N1CCCN(Cc2ccccc2)CC1. The van der Waals surface area contributed by atoms with Gasteiger partial charge in [0.1, 0.15) is 12.1 Å². The zero-order valence-corrected chi connectivity index (χ0v) is 16.4. The summed E-state index contributed by atoms with van der Waals surface area (Å²) in [5, 5.41) is 3.05. The van der Waals surface area contributed by atoms with Gasteiger partial charge in [-0.05, 0) is 29.7 Å². The van der Waals surface area contributed by atoms with Crippen molar-refractivity contribution in [2.45, 2.75) is 19.5 Å². The van der Waals surface area contributed by atoms with Gasteiger partial charge in [0.25, 0.3) is 0 Å². The topological polar surface area (TPSA) is 66.3 Å². The van der Waals surface area contributed by atoms with Gasteiger partial charge in [-0.25, -0.2) is 14.8 Å². The summed E-state index contributed by atoms with van der Waals surface area (Å²) >= 11 is 0. The monoisotopic (exact) mass is 390 g/mol. The van der Waals surface area contributed by atoms with Gasteiger partial charge in [-0.2, -0.15) is 0 Å². The van der Waals surface area contributed by atoms with Crippen molar-refractivity contribution in [2.24, 2.45) is 0 Å². The summed E-state index contributed by atoms with van der Waals surface area (Å²) < 4.78 is 1.85. The van der Waals surface area contributed by atoms with E-state index in [1.54, 1.807) is 18.7 Å². The van der Waals surface area contributed by atoms with Crippen LogP contribution in [0.5, 0.6) is 0 Å². The first-order valence-electron chi connectivity index (χ1n) is 10.0. The molecule has 1 saturated heterocycles. The molecule has 0 unspecified atom stereocenters. The third-order valence-corrected chi connectivity index (χ3v) is 5.15. The number of hydrogen-bond donors (Lipinski definition) is 1. The van der Waals surface area contributed by atoms with Crippen molar-refractivity contribution in [3.63, 3.8) is 0 Å². The minimum Gasteiger partial charge on any atom is -0.334 e. The first-order valence-corrected chi connectivity index (χ1v) is 10.0. The van der Waals surface area contributed by atoms with Crippen LogP contribution in [0, 0.1) is 0 Å². The molecule has 1 aliphatic heterocycles. The minimum atomic E-state index is -0.00689. The maximum Gasteiger partial charge on any atom is 0.317 e. The molecule has 7 heteroatoms. The number of hydrogen-bond acceptors (Lipinski definition) is 4. The molecular formula is C22H26N6O. The van der Waals surface area contributed by atoms with Crippen LogP contribution in [0.3, 0.4) is 0 Å². The molecule has 29 heavy (non-hydrogen) atoms. The highest BCUT2D eigenvalue weighted by molar-refractivity contribution is 5.74. The highest BCUT2D eigenvalue weighted by Crippen LogP contribution is 2.10. The number of amides is 2. The van der Waals surface area contributed by atoms with Crippen molar-refractivity contribution >= 4 is 6.03 Å². The van der Waals surface area contributed by atoms with Crippen LogP contribution in [-0.4, -0.2) is 56.5 Å². The summed E-state index contributed by atoms with van der Waals surface area (Å²) in [4.78, 5) is 25.4. The first-order chi connectivity index (χ1) is 14.3. The van der Waals surface area contributed by atoms with Crippen molar-refractivity contribution in [3.05, 3.63) is 78.5 Å². The smallest absolute Gasteiger partial charge is 0.317 e. The van der Waals surface area contributed by atoms with E-state index in [1.807, 2.05) is 33.9 Å². The highest BCUT2D eigenvalue weighted by atomic mass is 16.2. The van der Waals surface area contributed by atoms with Crippen LogP contribution in [0.4, 0.5) is 4.79 Å². The molecule has 0 radical (unpaired) electrons. The van der Waals surface area contributed by atoms with E-state index < -0.39 is 0 Å². The Bertz CT molecular complexity index is 912. The van der Waals surface area contributed by atoms with Crippen LogP contribution >= 0.6 is 0 Å². The van der Waals surface area contributed by atoms with Gasteiger partial charge in [0.2, 0.25) is 0 Å². The molecule has 1 fully saturated rings. The summed E-state index contributed by atoms with van der Waals surface area (Å²) in [5.41, 5.74) is 2.33. The number of carbonyl (C=O) groups is 1. The average molecular weight is 390 g/mol. The second-order valence-corrected chi connectivity index (χ2v) is 7.25. The Morgan fingerprint density at radius 1 is 1.00 bits per heavy atom. The van der Waals surface area contributed by atoms with E-state index in [1.165, 1.54) is 5.56 Å². The molecule has 2 amide bonds. The molecule has 0 saturated carbocycles. The van der Waals surface area contributed by atoms with Crippen LogP contribution in [0.25, 0.3) is 5.82 Å². The Morgan fingerprint density at radius 2 is 1.90 bits per heavy atom. The Kier molecular flexibility index (Phi) is 6.16. The van der Waals surface area contributed by atoms with Crippen LogP contribution in [-0.2, 0) is 13.1 Å². The van der Waals surface area contributed by atoms with Crippen molar-refractivity contribution in [1.29, 1.82) is 0 Å². The summed E-state index contributed by atoms with van der Waals surface area (Å²) in [6, 6.07) is 14.4. The van der Waals surface area contributed by atoms with Crippen molar-refractivity contribution < 1.29 is 4.79 Å². The number of urea groups is 1. The lowest BCUT2D eigenvalue weighted by atomic mass is 10.2. The Morgan fingerprint density at radius 3 is 2.72 bits per heavy atom. The lowest BCUT2D eigenvalue weighted by Crippen LogP contribution is -2.41. The number of nitrogens with one attached hydrogen (secondary N) is 1. The number of benzene rings is 1. The molecular weight excluding hydrogens is 364 g/mol. The third-order valence-electron chi connectivity index (χ3n) is 5.15. The Hall–Kier alpha value is -3.19. The van der Waals surface area contributed by atoms with E-state index in [4.69, 9.17) is 0 Å². The highest BCUT2D eigenvalue weighted by Gasteiger charge is 2.19. The molecule has 4 rings (SSSR count). The van der Waals surface area contributed by atoms with Gasteiger partial charge in [0.05, 0.1) is 0 Å². The van der Waals surface area contributed by atoms with Gasteiger partial charge >= 0.3 is 6.03 Å².